The van der Waals surface area contributed by atoms with E-state index in [0.717, 1.165) is 42.5 Å². The smallest absolute Gasteiger partial charge is 0.284 e. The third kappa shape index (κ3) is 8.38. The lowest BCUT2D eigenvalue weighted by atomic mass is 9.85. The fraction of sp³-hybridized carbons (Fsp3) is 0.537. The standard InChI is InChI=1S/C41H49F4N13O3/c1-54-33-15-25(4-7-27(33)36(52-54)28-8-9-35(59)51-40(28)60)48-31-10-12-55(20-30(31)43)17-22-2-5-26(6-3-22)58-21-32(37(53-58)38(44)45)49-41(61)29-16-47-57-13-11-34(50-39(29)57)56-18-23(42)14-24(46)19-56/h4,7,11,13,15-16,21-24,26,28,30-31,38,48H,2-3,5-6,8-10,12,14,17-20,46H2,1H3,(H,49,61)(H,51,59,60)/t22?,23-,24-,26?,28?,30-,31?/m1/s1. The number of fused-ring (bicyclic) bond motifs is 2. The lowest BCUT2D eigenvalue weighted by Crippen LogP contribution is -2.49. The first-order valence-corrected chi connectivity index (χ1v) is 21.0. The lowest BCUT2D eigenvalue weighted by molar-refractivity contribution is -0.134. The average Bonchev–Trinajstić information content (AvgIpc) is 3.94. The maximum absolute atomic E-state index is 15.7. The van der Waals surface area contributed by atoms with Gasteiger partial charge < -0.3 is 26.2 Å². The molecule has 7 heterocycles. The van der Waals surface area contributed by atoms with Crippen LogP contribution in [0.2, 0.25) is 0 Å². The molecular formula is C41H49F4N13O3. The van der Waals surface area contributed by atoms with Crippen LogP contribution < -0.4 is 26.6 Å². The van der Waals surface area contributed by atoms with Crippen LogP contribution in [0.25, 0.3) is 16.6 Å². The van der Waals surface area contributed by atoms with Gasteiger partial charge in [-0.2, -0.15) is 15.3 Å². The number of likely N-dealkylation sites (tertiary alicyclic amines) is 1. The van der Waals surface area contributed by atoms with Crippen molar-refractivity contribution in [3.63, 3.8) is 0 Å². The van der Waals surface area contributed by atoms with Crippen LogP contribution in [0, 0.1) is 5.92 Å². The van der Waals surface area contributed by atoms with Crippen LogP contribution in [-0.2, 0) is 16.6 Å². The van der Waals surface area contributed by atoms with Crippen molar-refractivity contribution in [2.75, 3.05) is 48.3 Å². The van der Waals surface area contributed by atoms with Gasteiger partial charge in [0.2, 0.25) is 11.8 Å². The number of halogens is 4. The van der Waals surface area contributed by atoms with E-state index < -0.39 is 36.3 Å². The van der Waals surface area contributed by atoms with Gasteiger partial charge in [0.1, 0.15) is 23.7 Å². The molecule has 3 amide bonds. The van der Waals surface area contributed by atoms with E-state index in [1.807, 2.05) is 18.2 Å². The van der Waals surface area contributed by atoms with Gasteiger partial charge in [-0.05, 0) is 75.1 Å². The molecule has 0 radical (unpaired) electrons. The Morgan fingerprint density at radius 1 is 1.03 bits per heavy atom. The third-order valence-corrected chi connectivity index (χ3v) is 12.7. The van der Waals surface area contributed by atoms with Gasteiger partial charge in [-0.3, -0.25) is 29.1 Å². The van der Waals surface area contributed by atoms with Gasteiger partial charge in [-0.25, -0.2) is 27.1 Å². The number of aryl methyl sites for hydroxylation is 1. The topological polar surface area (TPSA) is 186 Å². The number of nitrogens with one attached hydrogen (secondary N) is 3. The highest BCUT2D eigenvalue weighted by Crippen LogP contribution is 2.37. The number of hydrogen-bond acceptors (Lipinski definition) is 11. The first-order valence-electron chi connectivity index (χ1n) is 21.0. The maximum Gasteiger partial charge on any atom is 0.284 e. The summed E-state index contributed by atoms with van der Waals surface area (Å²) < 4.78 is 63.2. The molecule has 0 spiro atoms. The largest absolute Gasteiger partial charge is 0.379 e. The van der Waals surface area contributed by atoms with Crippen LogP contribution in [0.4, 0.5) is 34.8 Å². The van der Waals surface area contributed by atoms with Crippen LogP contribution in [0.5, 0.6) is 0 Å². The number of nitrogens with two attached hydrogens (primary N) is 1. The van der Waals surface area contributed by atoms with E-state index >= 15 is 4.39 Å². The van der Waals surface area contributed by atoms with Crippen molar-refractivity contribution < 1.29 is 31.9 Å². The Hall–Kier alpha value is -5.63. The molecule has 1 saturated carbocycles. The summed E-state index contributed by atoms with van der Waals surface area (Å²) >= 11 is 0. The molecule has 20 heteroatoms. The van der Waals surface area contributed by atoms with Gasteiger partial charge in [0.05, 0.1) is 47.6 Å². The molecule has 61 heavy (non-hydrogen) atoms. The van der Waals surface area contributed by atoms with Crippen LogP contribution >= 0.6 is 0 Å². The Morgan fingerprint density at radius 2 is 1.85 bits per heavy atom. The summed E-state index contributed by atoms with van der Waals surface area (Å²) in [5.41, 5.74) is 7.86. The van der Waals surface area contributed by atoms with Gasteiger partial charge in [0.25, 0.3) is 12.3 Å². The predicted octanol–water partition coefficient (Wildman–Crippen LogP) is 4.65. The monoisotopic (exact) mass is 847 g/mol. The molecule has 4 aromatic heterocycles. The van der Waals surface area contributed by atoms with E-state index in [1.165, 1.54) is 21.6 Å². The molecule has 1 aliphatic carbocycles. The first-order chi connectivity index (χ1) is 29.4. The predicted molar refractivity (Wildman–Crippen MR) is 218 cm³/mol. The first kappa shape index (κ1) is 40.8. The number of rotatable bonds is 10. The second-order valence-electron chi connectivity index (χ2n) is 17.0. The minimum atomic E-state index is -2.93. The zero-order valence-corrected chi connectivity index (χ0v) is 33.7. The molecule has 1 aromatic carbocycles. The molecule has 16 nitrogen and oxygen atoms in total. The maximum atomic E-state index is 15.7. The molecule has 2 unspecified atom stereocenters. The number of anilines is 3. The quantitative estimate of drug-likeness (QED) is 0.113. The summed E-state index contributed by atoms with van der Waals surface area (Å²) in [6.45, 7) is 2.27. The fourth-order valence-electron chi connectivity index (χ4n) is 9.55. The van der Waals surface area contributed by atoms with E-state index in [4.69, 9.17) is 5.73 Å². The normalized spacial score (nSPS) is 26.6. The Labute approximate surface area is 348 Å². The van der Waals surface area contributed by atoms with Crippen molar-refractivity contribution in [1.82, 2.24) is 44.4 Å². The average molecular weight is 848 g/mol. The molecule has 5 atom stereocenters. The van der Waals surface area contributed by atoms with E-state index in [2.05, 4.69) is 41.1 Å². The van der Waals surface area contributed by atoms with Crippen LogP contribution in [-0.4, -0.2) is 114 Å². The number of amides is 3. The van der Waals surface area contributed by atoms with Crippen molar-refractivity contribution in [1.29, 1.82) is 0 Å². The molecule has 4 aliphatic rings. The zero-order chi connectivity index (χ0) is 42.5. The van der Waals surface area contributed by atoms with Crippen LogP contribution in [0.1, 0.15) is 91.5 Å². The van der Waals surface area contributed by atoms with Gasteiger partial charge in [-0.15, -0.1) is 0 Å². The van der Waals surface area contributed by atoms with Crippen LogP contribution in [0.15, 0.2) is 42.9 Å². The Balaban J connectivity index is 0.782. The second-order valence-corrected chi connectivity index (χ2v) is 17.0. The summed E-state index contributed by atoms with van der Waals surface area (Å²) in [5, 5.41) is 22.2. The summed E-state index contributed by atoms with van der Waals surface area (Å²) in [7, 11) is 1.80. The van der Waals surface area contributed by atoms with Gasteiger partial charge in [0, 0.05) is 69.2 Å². The number of nitrogens with zero attached hydrogens (tertiary/aromatic N) is 9. The SMILES string of the molecule is Cn1nc(C2CCC(=O)NC2=O)c2ccc(NC3CCN(CC4CCC(n5cc(NC(=O)c6cnn7ccc(N8C[C@H](N)C[C@@H](F)C8)nc67)c(C(F)F)n5)CC4)C[C@H]3F)cc21. The Bertz CT molecular complexity index is 2440. The van der Waals surface area contributed by atoms with E-state index in [9.17, 15) is 27.6 Å². The number of benzene rings is 1. The molecule has 3 aliphatic heterocycles. The summed E-state index contributed by atoms with van der Waals surface area (Å²) in [6, 6.07) is 6.47. The Morgan fingerprint density at radius 3 is 2.61 bits per heavy atom. The van der Waals surface area contributed by atoms with Gasteiger partial charge in [0.15, 0.2) is 11.3 Å². The summed E-state index contributed by atoms with van der Waals surface area (Å²) in [4.78, 5) is 46.1. The van der Waals surface area contributed by atoms with Gasteiger partial charge in [-0.1, -0.05) is 0 Å². The number of carbonyl (C=O) groups is 3. The van der Waals surface area contributed by atoms with Crippen molar-refractivity contribution in [2.45, 2.75) is 94.2 Å². The molecule has 9 rings (SSSR count). The number of piperidine rings is 3. The minimum absolute atomic E-state index is 0.0667. The molecule has 3 saturated heterocycles. The number of hydrogen-bond donors (Lipinski definition) is 4. The van der Waals surface area contributed by atoms with E-state index in [1.54, 1.807) is 28.9 Å². The van der Waals surface area contributed by atoms with Crippen molar-refractivity contribution in [3.8, 4) is 0 Å². The highest BCUT2D eigenvalue weighted by Gasteiger charge is 2.35. The summed E-state index contributed by atoms with van der Waals surface area (Å²) in [6.07, 6.45) is 3.79. The minimum Gasteiger partial charge on any atom is -0.379 e. The zero-order valence-electron chi connectivity index (χ0n) is 33.7. The number of imide groups is 1. The lowest BCUT2D eigenvalue weighted by Gasteiger charge is -2.38. The molecule has 4 fully saturated rings. The number of aromatic nitrogens is 7. The number of alkyl halides is 4. The van der Waals surface area contributed by atoms with Crippen molar-refractivity contribution >= 4 is 51.5 Å². The molecular weight excluding hydrogens is 799 g/mol. The van der Waals surface area contributed by atoms with E-state index in [0.29, 0.717) is 56.2 Å². The van der Waals surface area contributed by atoms with Crippen molar-refractivity contribution in [3.05, 3.63) is 59.8 Å². The second kappa shape index (κ2) is 16.7. The molecule has 0 bridgehead atoms. The summed E-state index contributed by atoms with van der Waals surface area (Å²) in [5.74, 6) is -1.05. The van der Waals surface area contributed by atoms with Gasteiger partial charge >= 0.3 is 0 Å². The van der Waals surface area contributed by atoms with E-state index in [-0.39, 0.29) is 66.2 Å². The third-order valence-electron chi connectivity index (χ3n) is 12.7. The number of carbonyl (C=O) groups excluding carboxylic acids is 3. The highest BCUT2D eigenvalue weighted by molar-refractivity contribution is 6.08. The molecule has 324 valence electrons. The molecule has 5 N–H and O–H groups in total. The van der Waals surface area contributed by atoms with Crippen molar-refractivity contribution in [2.24, 2.45) is 18.7 Å². The molecule has 5 aromatic rings. The Kier molecular flexibility index (Phi) is 11.1. The fourth-order valence-corrected chi connectivity index (χ4v) is 9.55. The van der Waals surface area contributed by atoms with Crippen LogP contribution in [0.3, 0.4) is 0 Å². The highest BCUT2D eigenvalue weighted by atomic mass is 19.3.